The summed E-state index contributed by atoms with van der Waals surface area (Å²) in [6.45, 7) is 6.72. The van der Waals surface area contributed by atoms with Gasteiger partial charge in [-0.25, -0.2) is 0 Å². The number of benzene rings is 1. The molecule has 0 unspecified atom stereocenters. The van der Waals surface area contributed by atoms with Crippen molar-refractivity contribution in [2.75, 3.05) is 57.3 Å². The lowest BCUT2D eigenvalue weighted by molar-refractivity contribution is -0.132. The van der Waals surface area contributed by atoms with Crippen LogP contribution in [0.3, 0.4) is 0 Å². The molecule has 2 saturated heterocycles. The summed E-state index contributed by atoms with van der Waals surface area (Å²) in [5.41, 5.74) is 2.27. The molecule has 1 saturated carbocycles. The summed E-state index contributed by atoms with van der Waals surface area (Å²) in [6, 6.07) is 6.76. The predicted molar refractivity (Wildman–Crippen MR) is 132 cm³/mol. The minimum absolute atomic E-state index is 0.124. The van der Waals surface area contributed by atoms with E-state index in [9.17, 15) is 9.59 Å². The van der Waals surface area contributed by atoms with Crippen molar-refractivity contribution in [3.8, 4) is 5.75 Å². The molecule has 3 heterocycles. The van der Waals surface area contributed by atoms with E-state index < -0.39 is 0 Å². The van der Waals surface area contributed by atoms with Crippen molar-refractivity contribution in [3.63, 3.8) is 0 Å². The Labute approximate surface area is 202 Å². The van der Waals surface area contributed by atoms with Gasteiger partial charge in [0.05, 0.1) is 6.54 Å². The summed E-state index contributed by atoms with van der Waals surface area (Å²) in [5, 5.41) is 9.86. The number of piperazine rings is 1. The fourth-order valence-electron chi connectivity index (χ4n) is 5.23. The first-order valence-electron chi connectivity index (χ1n) is 12.8. The van der Waals surface area contributed by atoms with Crippen LogP contribution in [0.15, 0.2) is 30.4 Å². The maximum Gasteiger partial charge on any atom is 0.236 e. The van der Waals surface area contributed by atoms with Gasteiger partial charge in [0.25, 0.3) is 0 Å². The topological polar surface area (TPSA) is 85.9 Å². The van der Waals surface area contributed by atoms with E-state index >= 15 is 0 Å². The van der Waals surface area contributed by atoms with Gasteiger partial charge in [-0.05, 0) is 49.3 Å². The third-order valence-corrected chi connectivity index (χ3v) is 7.39. The summed E-state index contributed by atoms with van der Waals surface area (Å²) in [4.78, 5) is 29.7. The zero-order valence-electron chi connectivity index (χ0n) is 19.9. The molecule has 0 radical (unpaired) electrons. The number of carbonyl (C=O) groups is 2. The SMILES string of the molecule is O=C(C[C@@H]1CCN2C[C@@H]1/C=C/COc1ccc(N3CCNCC3)cc1CNCC2=O)NC1CC1. The van der Waals surface area contributed by atoms with E-state index in [4.69, 9.17) is 4.74 Å². The molecule has 8 heteroatoms. The van der Waals surface area contributed by atoms with Crippen LogP contribution in [0, 0.1) is 11.8 Å². The van der Waals surface area contributed by atoms with Crippen molar-refractivity contribution >= 4 is 17.5 Å². The van der Waals surface area contributed by atoms with Crippen LogP contribution in [-0.2, 0) is 16.1 Å². The van der Waals surface area contributed by atoms with Gasteiger partial charge in [0.15, 0.2) is 0 Å². The molecular formula is C26H37N5O3. The number of nitrogens with one attached hydrogen (secondary N) is 3. The molecule has 5 rings (SSSR count). The fourth-order valence-corrected chi connectivity index (χ4v) is 5.23. The number of rotatable bonds is 4. The van der Waals surface area contributed by atoms with E-state index in [-0.39, 0.29) is 23.7 Å². The molecule has 0 aromatic heterocycles. The Morgan fingerprint density at radius 1 is 1.06 bits per heavy atom. The highest BCUT2D eigenvalue weighted by molar-refractivity contribution is 5.79. The molecule has 2 amide bonds. The normalized spacial score (nSPS) is 26.9. The lowest BCUT2D eigenvalue weighted by Gasteiger charge is -2.37. The number of piperidine rings is 1. The summed E-state index contributed by atoms with van der Waals surface area (Å²) in [6.07, 6.45) is 7.81. The van der Waals surface area contributed by atoms with Crippen molar-refractivity contribution in [2.24, 2.45) is 11.8 Å². The molecule has 184 valence electrons. The van der Waals surface area contributed by atoms with Crippen molar-refractivity contribution in [1.82, 2.24) is 20.9 Å². The minimum Gasteiger partial charge on any atom is -0.489 e. The largest absolute Gasteiger partial charge is 0.489 e. The maximum absolute atomic E-state index is 12.9. The zero-order valence-corrected chi connectivity index (χ0v) is 19.9. The Hall–Kier alpha value is -2.58. The Morgan fingerprint density at radius 3 is 2.74 bits per heavy atom. The van der Waals surface area contributed by atoms with Gasteiger partial charge in [-0.2, -0.15) is 0 Å². The van der Waals surface area contributed by atoms with Crippen LogP contribution in [0.1, 0.15) is 31.2 Å². The van der Waals surface area contributed by atoms with E-state index in [0.717, 1.165) is 56.8 Å². The molecule has 4 aliphatic rings. The third kappa shape index (κ3) is 5.91. The van der Waals surface area contributed by atoms with Crippen LogP contribution in [-0.4, -0.2) is 75.2 Å². The molecule has 8 nitrogen and oxygen atoms in total. The van der Waals surface area contributed by atoms with Crippen LogP contribution < -0.4 is 25.6 Å². The highest BCUT2D eigenvalue weighted by Crippen LogP contribution is 2.30. The van der Waals surface area contributed by atoms with Gasteiger partial charge in [0.2, 0.25) is 11.8 Å². The van der Waals surface area contributed by atoms with Gasteiger partial charge in [-0.15, -0.1) is 0 Å². The lowest BCUT2D eigenvalue weighted by atomic mass is 9.82. The van der Waals surface area contributed by atoms with E-state index in [1.807, 2.05) is 4.90 Å². The van der Waals surface area contributed by atoms with Crippen molar-refractivity contribution in [3.05, 3.63) is 35.9 Å². The van der Waals surface area contributed by atoms with Crippen LogP contribution in [0.5, 0.6) is 5.75 Å². The van der Waals surface area contributed by atoms with E-state index in [1.165, 1.54) is 5.69 Å². The Kier molecular flexibility index (Phi) is 7.35. The van der Waals surface area contributed by atoms with Gasteiger partial charge < -0.3 is 30.5 Å². The Bertz CT molecular complexity index is 910. The average molecular weight is 468 g/mol. The van der Waals surface area contributed by atoms with E-state index in [1.54, 1.807) is 0 Å². The Balaban J connectivity index is 1.28. The number of ether oxygens (including phenoxy) is 1. The first-order chi connectivity index (χ1) is 16.7. The van der Waals surface area contributed by atoms with Gasteiger partial charge in [-0.1, -0.05) is 12.2 Å². The quantitative estimate of drug-likeness (QED) is 0.579. The smallest absolute Gasteiger partial charge is 0.236 e. The van der Waals surface area contributed by atoms with Crippen LogP contribution in [0.25, 0.3) is 0 Å². The van der Waals surface area contributed by atoms with Crippen molar-refractivity contribution in [1.29, 1.82) is 0 Å². The van der Waals surface area contributed by atoms with Crippen LogP contribution in [0.4, 0.5) is 5.69 Å². The second-order valence-corrected chi connectivity index (χ2v) is 9.97. The summed E-state index contributed by atoms with van der Waals surface area (Å²) in [5.74, 6) is 1.55. The van der Waals surface area contributed by atoms with Crippen LogP contribution >= 0.6 is 0 Å². The number of carbonyl (C=O) groups excluding carboxylic acids is 2. The molecule has 1 aromatic rings. The molecule has 0 spiro atoms. The fraction of sp³-hybridized carbons (Fsp3) is 0.615. The molecule has 1 aromatic carbocycles. The first-order valence-corrected chi connectivity index (χ1v) is 12.8. The maximum atomic E-state index is 12.9. The number of amides is 2. The second kappa shape index (κ2) is 10.8. The molecule has 3 N–H and O–H groups in total. The van der Waals surface area contributed by atoms with Crippen LogP contribution in [0.2, 0.25) is 0 Å². The van der Waals surface area contributed by atoms with E-state index in [2.05, 4.69) is 51.2 Å². The average Bonchev–Trinajstić information content (AvgIpc) is 3.67. The zero-order chi connectivity index (χ0) is 23.3. The molecule has 3 fully saturated rings. The minimum atomic E-state index is 0.124. The number of anilines is 1. The number of hydrogen-bond donors (Lipinski definition) is 3. The Morgan fingerprint density at radius 2 is 1.91 bits per heavy atom. The molecule has 2 atom stereocenters. The van der Waals surface area contributed by atoms with Gasteiger partial charge in [0.1, 0.15) is 12.4 Å². The summed E-state index contributed by atoms with van der Waals surface area (Å²) >= 11 is 0. The number of hydrogen-bond acceptors (Lipinski definition) is 6. The molecule has 3 aliphatic heterocycles. The summed E-state index contributed by atoms with van der Waals surface area (Å²) in [7, 11) is 0. The first kappa shape index (κ1) is 23.2. The van der Waals surface area contributed by atoms with Gasteiger partial charge >= 0.3 is 0 Å². The summed E-state index contributed by atoms with van der Waals surface area (Å²) < 4.78 is 6.15. The third-order valence-electron chi connectivity index (χ3n) is 7.39. The highest BCUT2D eigenvalue weighted by Gasteiger charge is 2.32. The predicted octanol–water partition coefficient (Wildman–Crippen LogP) is 1.27. The number of nitrogens with zero attached hydrogens (tertiary/aromatic N) is 2. The van der Waals surface area contributed by atoms with Crippen molar-refractivity contribution < 1.29 is 14.3 Å². The number of fused-ring (bicyclic) bond motifs is 3. The second-order valence-electron chi connectivity index (χ2n) is 9.97. The molecular weight excluding hydrogens is 430 g/mol. The molecule has 2 bridgehead atoms. The standard InChI is InChI=1S/C26H37N5O3/c32-25(29-22-3-4-22)15-19-7-10-31-18-20(19)2-1-13-34-24-6-5-23(30-11-8-27-9-12-30)14-21(24)16-28-17-26(31)33/h1-2,5-6,14,19-20,22,27-28H,3-4,7-13,15-18H2,(H,29,32)/b2-1+/t19-,20-/m0/s1. The van der Waals surface area contributed by atoms with Crippen molar-refractivity contribution in [2.45, 2.75) is 38.3 Å². The molecule has 1 aliphatic carbocycles. The highest BCUT2D eigenvalue weighted by atomic mass is 16.5. The lowest BCUT2D eigenvalue weighted by Crippen LogP contribution is -2.47. The monoisotopic (exact) mass is 467 g/mol. The van der Waals surface area contributed by atoms with Gasteiger partial charge in [0, 0.05) is 69.5 Å². The molecule has 34 heavy (non-hydrogen) atoms. The van der Waals surface area contributed by atoms with Gasteiger partial charge in [-0.3, -0.25) is 9.59 Å². The van der Waals surface area contributed by atoms with E-state index in [0.29, 0.717) is 45.2 Å².